The molecule has 1 aromatic carbocycles. The van der Waals surface area contributed by atoms with Crippen molar-refractivity contribution in [3.63, 3.8) is 0 Å². The van der Waals surface area contributed by atoms with Crippen molar-refractivity contribution in [1.29, 1.82) is 0 Å². The molecular weight excluding hydrogens is 364 g/mol. The molecule has 1 aromatic rings. The number of ketones is 1. The molecule has 0 aliphatic carbocycles. The van der Waals surface area contributed by atoms with Crippen LogP contribution >= 0.6 is 11.8 Å². The second kappa shape index (κ2) is 6.89. The van der Waals surface area contributed by atoms with Crippen molar-refractivity contribution >= 4 is 44.1 Å². The van der Waals surface area contributed by atoms with Crippen molar-refractivity contribution in [3.05, 3.63) is 29.8 Å². The van der Waals surface area contributed by atoms with Gasteiger partial charge in [0.15, 0.2) is 20.8 Å². The lowest BCUT2D eigenvalue weighted by molar-refractivity contribution is -0.121. The summed E-state index contributed by atoms with van der Waals surface area (Å²) in [5.41, 5.74) is 1.28. The third-order valence-electron chi connectivity index (χ3n) is 4.11. The summed E-state index contributed by atoms with van der Waals surface area (Å²) in [5, 5.41) is 0.314. The maximum atomic E-state index is 12.0. The molecule has 2 atom stereocenters. The normalized spacial score (nSPS) is 26.0. The molecule has 2 aliphatic rings. The number of amides is 1. The summed E-state index contributed by atoms with van der Waals surface area (Å²) >= 11 is 1.30. The van der Waals surface area contributed by atoms with Crippen molar-refractivity contribution in [1.82, 2.24) is 0 Å². The van der Waals surface area contributed by atoms with Crippen molar-refractivity contribution < 1.29 is 22.7 Å². The molecule has 0 aromatic heterocycles. The first-order valence-corrected chi connectivity index (χ1v) is 10.4. The van der Waals surface area contributed by atoms with Gasteiger partial charge in [0, 0.05) is 23.6 Å². The fourth-order valence-electron chi connectivity index (χ4n) is 2.99. The molecule has 0 N–H and O–H groups in total. The zero-order chi connectivity index (χ0) is 18.2. The largest absolute Gasteiger partial charge is 0.375 e. The predicted octanol–water partition coefficient (Wildman–Crippen LogP) is 1.14. The number of sulfone groups is 1. The third kappa shape index (κ3) is 3.78. The Morgan fingerprint density at radius 2 is 1.96 bits per heavy atom. The van der Waals surface area contributed by atoms with Gasteiger partial charge in [-0.1, -0.05) is 11.8 Å². The first kappa shape index (κ1) is 18.1. The maximum Gasteiger partial charge on any atom is 0.274 e. The van der Waals surface area contributed by atoms with E-state index in [4.69, 9.17) is 4.74 Å². The summed E-state index contributed by atoms with van der Waals surface area (Å²) in [6, 6.07) is 6.61. The Morgan fingerprint density at radius 1 is 1.28 bits per heavy atom. The Bertz CT molecular complexity index is 833. The molecular formula is C16H18N2O5S2. The van der Waals surface area contributed by atoms with Crippen LogP contribution in [0.3, 0.4) is 0 Å². The summed E-state index contributed by atoms with van der Waals surface area (Å²) in [7, 11) is -1.70. The highest BCUT2D eigenvalue weighted by Gasteiger charge is 2.49. The average Bonchev–Trinajstić information content (AvgIpc) is 2.98. The van der Waals surface area contributed by atoms with Gasteiger partial charge in [-0.05, 0) is 31.2 Å². The van der Waals surface area contributed by atoms with Crippen LogP contribution in [0.5, 0.6) is 0 Å². The smallest absolute Gasteiger partial charge is 0.274 e. The molecule has 2 aliphatic heterocycles. The molecule has 0 saturated carbocycles. The fraction of sp³-hybridized carbons (Fsp3) is 0.438. The number of carbonyl (C=O) groups excluding carboxylic acids is 2. The number of rotatable bonds is 4. The van der Waals surface area contributed by atoms with Gasteiger partial charge in [-0.2, -0.15) is 4.99 Å². The van der Waals surface area contributed by atoms with Crippen molar-refractivity contribution in [2.75, 3.05) is 30.1 Å². The van der Waals surface area contributed by atoms with Crippen LogP contribution in [0.2, 0.25) is 0 Å². The Labute approximate surface area is 150 Å². The topological polar surface area (TPSA) is 93.1 Å². The number of aliphatic imine (C=N–C) groups is 1. The molecule has 9 heteroatoms. The number of thioether (sulfide) groups is 1. The van der Waals surface area contributed by atoms with Crippen LogP contribution in [0.1, 0.15) is 17.3 Å². The van der Waals surface area contributed by atoms with Gasteiger partial charge >= 0.3 is 0 Å². The minimum absolute atomic E-state index is 0.0244. The lowest BCUT2D eigenvalue weighted by atomic mass is 10.1. The number of amidine groups is 1. The van der Waals surface area contributed by atoms with Gasteiger partial charge in [0.2, 0.25) is 0 Å². The lowest BCUT2D eigenvalue weighted by Gasteiger charge is -2.24. The molecule has 7 nitrogen and oxygen atoms in total. The number of fused-ring (bicyclic) bond motifs is 1. The van der Waals surface area contributed by atoms with E-state index in [0.717, 1.165) is 0 Å². The molecule has 0 spiro atoms. The maximum absolute atomic E-state index is 12.0. The van der Waals surface area contributed by atoms with E-state index in [9.17, 15) is 18.0 Å². The number of Topliss-reactive ketones (excluding diaryl/α,β-unsaturated/α-hetero) is 1. The SMILES string of the molecule is COCC(=O)N=C1S[C@H]2CS(=O)(=O)C[C@@H]2N1c1ccc(C(C)=O)cc1. The van der Waals surface area contributed by atoms with Crippen molar-refractivity contribution in [3.8, 4) is 0 Å². The van der Waals surface area contributed by atoms with E-state index in [-0.39, 0.29) is 35.2 Å². The molecule has 0 unspecified atom stereocenters. The number of hydrogen-bond donors (Lipinski definition) is 0. The molecule has 0 radical (unpaired) electrons. The van der Waals surface area contributed by atoms with Gasteiger partial charge in [-0.25, -0.2) is 8.42 Å². The second-order valence-corrected chi connectivity index (χ2v) is 9.35. The van der Waals surface area contributed by atoms with Gasteiger partial charge in [-0.15, -0.1) is 0 Å². The highest BCUT2D eigenvalue weighted by atomic mass is 32.2. The zero-order valence-electron chi connectivity index (χ0n) is 13.8. The van der Waals surface area contributed by atoms with Crippen LogP contribution in [-0.4, -0.2) is 61.8 Å². The van der Waals surface area contributed by atoms with Gasteiger partial charge in [0.25, 0.3) is 5.91 Å². The summed E-state index contributed by atoms with van der Waals surface area (Å²) < 4.78 is 28.8. The van der Waals surface area contributed by atoms with Crippen LogP contribution in [0.4, 0.5) is 5.69 Å². The van der Waals surface area contributed by atoms with E-state index in [0.29, 0.717) is 16.4 Å². The third-order valence-corrected chi connectivity index (χ3v) is 7.32. The predicted molar refractivity (Wildman–Crippen MR) is 97.1 cm³/mol. The standard InChI is InChI=1S/C16H18N2O5S2/c1-10(19)11-3-5-12(6-4-11)18-13-8-25(21,22)9-14(13)24-16(18)17-15(20)7-23-2/h3-6,13-14H,7-9H2,1-2H3/t13-,14-/m0/s1. The summed E-state index contributed by atoms with van der Waals surface area (Å²) in [5.74, 6) is -0.371. The molecule has 134 valence electrons. The van der Waals surface area contributed by atoms with Gasteiger partial charge in [-0.3, -0.25) is 9.59 Å². The van der Waals surface area contributed by atoms with E-state index < -0.39 is 15.7 Å². The van der Waals surface area contributed by atoms with E-state index in [1.165, 1.54) is 25.8 Å². The quantitative estimate of drug-likeness (QED) is 0.721. The van der Waals surface area contributed by atoms with Crippen molar-refractivity contribution in [2.45, 2.75) is 18.2 Å². The van der Waals surface area contributed by atoms with Gasteiger partial charge in [0.05, 0.1) is 17.5 Å². The summed E-state index contributed by atoms with van der Waals surface area (Å²) in [4.78, 5) is 29.2. The van der Waals surface area contributed by atoms with Crippen LogP contribution in [0, 0.1) is 0 Å². The Kier molecular flexibility index (Phi) is 4.99. The molecule has 2 heterocycles. The molecule has 3 rings (SSSR count). The van der Waals surface area contributed by atoms with Gasteiger partial charge < -0.3 is 9.64 Å². The Morgan fingerprint density at radius 3 is 2.56 bits per heavy atom. The number of benzene rings is 1. The number of carbonyl (C=O) groups is 2. The zero-order valence-corrected chi connectivity index (χ0v) is 15.5. The number of nitrogens with zero attached hydrogens (tertiary/aromatic N) is 2. The minimum Gasteiger partial charge on any atom is -0.375 e. The molecule has 25 heavy (non-hydrogen) atoms. The Hall–Kier alpha value is -1.71. The van der Waals surface area contributed by atoms with E-state index in [2.05, 4.69) is 4.99 Å². The molecule has 1 amide bonds. The van der Waals surface area contributed by atoms with Crippen LogP contribution < -0.4 is 4.90 Å². The van der Waals surface area contributed by atoms with Crippen LogP contribution in [-0.2, 0) is 19.4 Å². The van der Waals surface area contributed by atoms with Gasteiger partial charge in [0.1, 0.15) is 6.61 Å². The lowest BCUT2D eigenvalue weighted by Crippen LogP contribution is -2.37. The first-order valence-electron chi connectivity index (χ1n) is 7.68. The van der Waals surface area contributed by atoms with E-state index in [1.54, 1.807) is 29.2 Å². The summed E-state index contributed by atoms with van der Waals surface area (Å²) in [6.07, 6.45) is 0. The number of hydrogen-bond acceptors (Lipinski definition) is 6. The number of anilines is 1. The van der Waals surface area contributed by atoms with E-state index in [1.807, 2.05) is 0 Å². The van der Waals surface area contributed by atoms with Crippen molar-refractivity contribution in [2.24, 2.45) is 4.99 Å². The number of methoxy groups -OCH3 is 1. The molecule has 0 bridgehead atoms. The first-order chi connectivity index (χ1) is 11.8. The monoisotopic (exact) mass is 382 g/mol. The average molecular weight is 382 g/mol. The highest BCUT2D eigenvalue weighted by molar-refractivity contribution is 8.16. The fourth-order valence-corrected chi connectivity index (χ4v) is 6.92. The molecule has 2 saturated heterocycles. The van der Waals surface area contributed by atoms with E-state index >= 15 is 0 Å². The number of ether oxygens (including phenoxy) is 1. The molecule has 2 fully saturated rings. The highest BCUT2D eigenvalue weighted by Crippen LogP contribution is 2.40. The Balaban J connectivity index is 1.97. The van der Waals surface area contributed by atoms with Crippen LogP contribution in [0.25, 0.3) is 0 Å². The second-order valence-electron chi connectivity index (χ2n) is 5.99. The summed E-state index contributed by atoms with van der Waals surface area (Å²) in [6.45, 7) is 1.35. The van der Waals surface area contributed by atoms with Crippen LogP contribution in [0.15, 0.2) is 29.3 Å². The minimum atomic E-state index is -3.11.